The zero-order valence-corrected chi connectivity index (χ0v) is 24.7. The fourth-order valence-electron chi connectivity index (χ4n) is 4.87. The molecule has 0 saturated carbocycles. The van der Waals surface area contributed by atoms with Gasteiger partial charge in [-0.15, -0.1) is 0 Å². The van der Waals surface area contributed by atoms with Gasteiger partial charge in [-0.2, -0.15) is 0 Å². The number of aromatic nitrogens is 2. The molecule has 0 unspecified atom stereocenters. The Morgan fingerprint density at radius 2 is 1.42 bits per heavy atom. The molecule has 0 spiro atoms. The van der Waals surface area contributed by atoms with Gasteiger partial charge in [0, 0.05) is 22.5 Å². The molecule has 0 radical (unpaired) electrons. The number of benzene rings is 3. The third-order valence-corrected chi connectivity index (χ3v) is 8.94. The van der Waals surface area contributed by atoms with E-state index in [9.17, 15) is 18.0 Å². The number of hydrogen-bond donors (Lipinski definition) is 3. The first kappa shape index (κ1) is 29.9. The Bertz CT molecular complexity index is 1690. The number of amides is 2. The van der Waals surface area contributed by atoms with Crippen LogP contribution in [0.25, 0.3) is 0 Å². The molecule has 1 fully saturated rings. The highest BCUT2D eigenvalue weighted by atomic mass is 32.2. The third kappa shape index (κ3) is 8.24. The zero-order valence-electron chi connectivity index (χ0n) is 23.9. The lowest BCUT2D eigenvalue weighted by Gasteiger charge is -2.14. The molecule has 11 heteroatoms. The molecule has 2 amide bonds. The minimum atomic E-state index is -3.35. The summed E-state index contributed by atoms with van der Waals surface area (Å²) in [4.78, 5) is 36.6. The first-order chi connectivity index (χ1) is 20.7. The van der Waals surface area contributed by atoms with E-state index in [0.717, 1.165) is 25.2 Å². The first-order valence-electron chi connectivity index (χ1n) is 14.2. The molecule has 3 aromatic carbocycles. The van der Waals surface area contributed by atoms with Crippen LogP contribution in [0.3, 0.4) is 0 Å². The van der Waals surface area contributed by atoms with Gasteiger partial charge >= 0.3 is 0 Å². The molecular weight excluding hydrogens is 564 g/mol. The summed E-state index contributed by atoms with van der Waals surface area (Å²) >= 11 is 0. The van der Waals surface area contributed by atoms with Gasteiger partial charge in [0.05, 0.1) is 28.7 Å². The Labute approximate surface area is 251 Å². The highest BCUT2D eigenvalue weighted by Gasteiger charge is 2.17. The molecule has 0 atom stereocenters. The number of anilines is 4. The Morgan fingerprint density at radius 1 is 0.791 bits per heavy atom. The van der Waals surface area contributed by atoms with Crippen LogP contribution < -0.4 is 16.0 Å². The molecule has 0 bridgehead atoms. The van der Waals surface area contributed by atoms with E-state index in [0.29, 0.717) is 34.6 Å². The molecule has 1 aromatic heterocycles. The molecule has 10 nitrogen and oxygen atoms in total. The lowest BCUT2D eigenvalue weighted by atomic mass is 10.1. The number of likely N-dealkylation sites (tertiary alicyclic amines) is 1. The van der Waals surface area contributed by atoms with Crippen LogP contribution >= 0.6 is 0 Å². The minimum Gasteiger partial charge on any atom is -0.324 e. The van der Waals surface area contributed by atoms with Gasteiger partial charge in [0.25, 0.3) is 11.8 Å². The largest absolute Gasteiger partial charge is 0.324 e. The van der Waals surface area contributed by atoms with Gasteiger partial charge in [0.1, 0.15) is 0 Å². The number of hydrogen-bond acceptors (Lipinski definition) is 8. The molecule has 43 heavy (non-hydrogen) atoms. The molecule has 3 N–H and O–H groups in total. The van der Waals surface area contributed by atoms with E-state index in [-0.39, 0.29) is 22.5 Å². The summed E-state index contributed by atoms with van der Waals surface area (Å²) in [5.41, 5.74) is 3.37. The van der Waals surface area contributed by atoms with Crippen LogP contribution in [0.4, 0.5) is 23.0 Å². The van der Waals surface area contributed by atoms with E-state index in [1.54, 1.807) is 48.5 Å². The summed E-state index contributed by atoms with van der Waals surface area (Å²) in [5, 5.41) is 8.62. The van der Waals surface area contributed by atoms with Crippen molar-refractivity contribution in [3.8, 4) is 0 Å². The molecule has 1 aliphatic rings. The maximum Gasteiger partial charge on any atom is 0.255 e. The van der Waals surface area contributed by atoms with Crippen molar-refractivity contribution in [3.63, 3.8) is 0 Å². The molecule has 0 aliphatic carbocycles. The zero-order chi connectivity index (χ0) is 30.2. The normalized spacial score (nSPS) is 13.4. The molecule has 4 aromatic rings. The van der Waals surface area contributed by atoms with Crippen LogP contribution in [0.1, 0.15) is 45.5 Å². The molecule has 2 heterocycles. The van der Waals surface area contributed by atoms with E-state index in [2.05, 4.69) is 30.8 Å². The summed E-state index contributed by atoms with van der Waals surface area (Å²) < 4.78 is 25.4. The molecule has 1 saturated heterocycles. The van der Waals surface area contributed by atoms with Gasteiger partial charge in [-0.25, -0.2) is 18.4 Å². The third-order valence-electron chi connectivity index (χ3n) is 7.13. The van der Waals surface area contributed by atoms with E-state index in [4.69, 9.17) is 0 Å². The fraction of sp³-hybridized carbons (Fsp3) is 0.250. The minimum absolute atomic E-state index is 0.122. The predicted molar refractivity (Wildman–Crippen MR) is 168 cm³/mol. The van der Waals surface area contributed by atoms with Gasteiger partial charge in [0.15, 0.2) is 9.84 Å². The maximum absolute atomic E-state index is 12.8. The van der Waals surface area contributed by atoms with Crippen molar-refractivity contribution in [1.82, 2.24) is 14.9 Å². The predicted octanol–water partition coefficient (Wildman–Crippen LogP) is 5.29. The monoisotopic (exact) mass is 598 g/mol. The Kier molecular flexibility index (Phi) is 9.43. The van der Waals surface area contributed by atoms with Crippen molar-refractivity contribution in [2.45, 2.75) is 31.1 Å². The number of rotatable bonds is 11. The number of aryl methyl sites for hydroxylation is 1. The SMILES string of the molecule is Cc1cccc(NC(=O)c2cccc(C(=O)Nc3cnc(Nc4ccc(S(=O)(=O)CCCN5CCCC5)cc4)nc3)c2)c1. The average Bonchev–Trinajstić information content (AvgIpc) is 3.52. The van der Waals surface area contributed by atoms with Crippen molar-refractivity contribution < 1.29 is 18.0 Å². The quantitative estimate of drug-likeness (QED) is 0.212. The topological polar surface area (TPSA) is 133 Å². The average molecular weight is 599 g/mol. The Morgan fingerprint density at radius 3 is 2.07 bits per heavy atom. The number of carbonyl (C=O) groups excluding carboxylic acids is 2. The summed E-state index contributed by atoms with van der Waals surface area (Å²) in [6.45, 7) is 4.86. The standard InChI is InChI=1S/C32H34N6O4S/c1-23-7-4-10-27(19-23)35-30(39)24-8-5-9-25(20-24)31(40)36-28-21-33-32(34-22-28)37-26-11-13-29(14-12-26)43(41,42)18-6-17-38-15-2-3-16-38/h4-5,7-14,19-22H,2-3,6,15-18H2,1H3,(H,35,39)(H,36,40)(H,33,34,37). The van der Waals surface area contributed by atoms with Crippen LogP contribution in [0.15, 0.2) is 90.1 Å². The highest BCUT2D eigenvalue weighted by Crippen LogP contribution is 2.20. The Hall–Kier alpha value is -4.61. The summed E-state index contributed by atoms with van der Waals surface area (Å²) in [7, 11) is -3.35. The molecule has 5 rings (SSSR count). The van der Waals surface area contributed by atoms with Crippen molar-refractivity contribution in [2.75, 3.05) is 41.3 Å². The maximum atomic E-state index is 12.8. The molecule has 1 aliphatic heterocycles. The lowest BCUT2D eigenvalue weighted by Crippen LogP contribution is -2.22. The number of nitrogens with one attached hydrogen (secondary N) is 3. The van der Waals surface area contributed by atoms with Gasteiger partial charge in [-0.3, -0.25) is 9.59 Å². The lowest BCUT2D eigenvalue weighted by molar-refractivity contribution is 0.102. The second kappa shape index (κ2) is 13.6. The van der Waals surface area contributed by atoms with E-state index in [1.165, 1.54) is 31.3 Å². The van der Waals surface area contributed by atoms with Gasteiger partial charge in [-0.05, 0) is 106 Å². The smallest absolute Gasteiger partial charge is 0.255 e. The van der Waals surface area contributed by atoms with Crippen LogP contribution in [0.5, 0.6) is 0 Å². The van der Waals surface area contributed by atoms with Crippen LogP contribution in [0, 0.1) is 6.92 Å². The van der Waals surface area contributed by atoms with Crippen LogP contribution in [-0.4, -0.2) is 60.5 Å². The van der Waals surface area contributed by atoms with Crippen molar-refractivity contribution in [2.24, 2.45) is 0 Å². The van der Waals surface area contributed by atoms with Crippen molar-refractivity contribution in [1.29, 1.82) is 0 Å². The summed E-state index contributed by atoms with van der Waals surface area (Å²) in [6, 6.07) is 20.4. The van der Waals surface area contributed by atoms with Crippen molar-refractivity contribution >= 4 is 44.7 Å². The van der Waals surface area contributed by atoms with E-state index in [1.807, 2.05) is 25.1 Å². The number of sulfone groups is 1. The number of nitrogens with zero attached hydrogens (tertiary/aromatic N) is 3. The second-order valence-electron chi connectivity index (χ2n) is 10.5. The summed E-state index contributed by atoms with van der Waals surface area (Å²) in [5.74, 6) is -0.319. The number of carbonyl (C=O) groups is 2. The molecular formula is C32H34N6O4S. The van der Waals surface area contributed by atoms with Gasteiger partial charge < -0.3 is 20.9 Å². The van der Waals surface area contributed by atoms with Gasteiger partial charge in [0.2, 0.25) is 5.95 Å². The van der Waals surface area contributed by atoms with Crippen molar-refractivity contribution in [3.05, 3.63) is 102 Å². The molecule has 222 valence electrons. The fourth-order valence-corrected chi connectivity index (χ4v) is 6.16. The van der Waals surface area contributed by atoms with Crippen LogP contribution in [0.2, 0.25) is 0 Å². The highest BCUT2D eigenvalue weighted by molar-refractivity contribution is 7.91. The van der Waals surface area contributed by atoms with Gasteiger partial charge in [-0.1, -0.05) is 18.2 Å². The van der Waals surface area contributed by atoms with E-state index < -0.39 is 15.7 Å². The Balaban J connectivity index is 1.14. The van der Waals surface area contributed by atoms with Crippen LogP contribution in [-0.2, 0) is 9.84 Å². The first-order valence-corrected chi connectivity index (χ1v) is 15.8. The second-order valence-corrected chi connectivity index (χ2v) is 12.6. The van der Waals surface area contributed by atoms with E-state index >= 15 is 0 Å². The summed E-state index contributed by atoms with van der Waals surface area (Å²) in [6.07, 6.45) is 5.91.